The fourth-order valence-electron chi connectivity index (χ4n) is 3.19. The van der Waals surface area contributed by atoms with E-state index in [4.69, 9.17) is 0 Å². The van der Waals surface area contributed by atoms with Crippen LogP contribution in [0.25, 0.3) is 11.3 Å². The quantitative estimate of drug-likeness (QED) is 0.721. The lowest BCUT2D eigenvalue weighted by molar-refractivity contribution is -0.120. The van der Waals surface area contributed by atoms with Crippen LogP contribution in [0, 0.1) is 17.6 Å². The van der Waals surface area contributed by atoms with Crippen molar-refractivity contribution in [2.75, 3.05) is 23.3 Å². The fourth-order valence-corrected chi connectivity index (χ4v) is 3.90. The van der Waals surface area contributed by atoms with E-state index in [2.05, 4.69) is 20.3 Å². The summed E-state index contributed by atoms with van der Waals surface area (Å²) < 4.78 is 27.8. The van der Waals surface area contributed by atoms with E-state index >= 15 is 0 Å². The summed E-state index contributed by atoms with van der Waals surface area (Å²) in [5.41, 5.74) is -0.0117. The zero-order valence-corrected chi connectivity index (χ0v) is 15.6. The molecule has 3 heterocycles. The minimum atomic E-state index is -0.682. The third-order valence-electron chi connectivity index (χ3n) is 4.65. The predicted molar refractivity (Wildman–Crippen MR) is 103 cm³/mol. The van der Waals surface area contributed by atoms with Gasteiger partial charge in [-0.15, -0.1) is 11.3 Å². The highest BCUT2D eigenvalue weighted by Gasteiger charge is 2.27. The molecule has 0 spiro atoms. The molecule has 0 unspecified atom stereocenters. The number of aromatic nitrogens is 3. The molecule has 1 amide bonds. The van der Waals surface area contributed by atoms with E-state index in [0.29, 0.717) is 37.0 Å². The number of rotatable bonds is 4. The van der Waals surface area contributed by atoms with Crippen molar-refractivity contribution in [3.63, 3.8) is 0 Å². The highest BCUT2D eigenvalue weighted by Crippen LogP contribution is 2.30. The molecule has 1 aliphatic heterocycles. The highest BCUT2D eigenvalue weighted by molar-refractivity contribution is 7.14. The summed E-state index contributed by atoms with van der Waals surface area (Å²) in [6.07, 6.45) is 4.73. The van der Waals surface area contributed by atoms with E-state index in [1.807, 2.05) is 4.90 Å². The second-order valence-electron chi connectivity index (χ2n) is 6.43. The van der Waals surface area contributed by atoms with Crippen molar-refractivity contribution < 1.29 is 13.6 Å². The summed E-state index contributed by atoms with van der Waals surface area (Å²) >= 11 is 1.14. The van der Waals surface area contributed by atoms with Gasteiger partial charge >= 0.3 is 0 Å². The van der Waals surface area contributed by atoms with Crippen molar-refractivity contribution in [2.24, 2.45) is 5.92 Å². The Morgan fingerprint density at radius 2 is 1.79 bits per heavy atom. The SMILES string of the molecule is O=C(Nc1nc(-c2c(F)cccc2F)cs1)C1CCN(c2ncccn2)CC1. The maximum Gasteiger partial charge on any atom is 0.229 e. The number of nitrogens with zero attached hydrogens (tertiary/aromatic N) is 4. The van der Waals surface area contributed by atoms with Crippen LogP contribution in [0.4, 0.5) is 19.9 Å². The van der Waals surface area contributed by atoms with Crippen molar-refractivity contribution in [2.45, 2.75) is 12.8 Å². The number of thiazole rings is 1. The largest absolute Gasteiger partial charge is 0.341 e. The van der Waals surface area contributed by atoms with Crippen LogP contribution in [0.5, 0.6) is 0 Å². The molecule has 9 heteroatoms. The summed E-state index contributed by atoms with van der Waals surface area (Å²) in [7, 11) is 0. The number of benzene rings is 1. The van der Waals surface area contributed by atoms with Crippen LogP contribution in [0.1, 0.15) is 12.8 Å². The summed E-state index contributed by atoms with van der Waals surface area (Å²) in [6.45, 7) is 1.37. The van der Waals surface area contributed by atoms with Crippen LogP contribution in [-0.4, -0.2) is 33.9 Å². The molecular weight excluding hydrogens is 384 g/mol. The zero-order valence-electron chi connectivity index (χ0n) is 14.8. The Morgan fingerprint density at radius 3 is 2.46 bits per heavy atom. The van der Waals surface area contributed by atoms with E-state index in [-0.39, 0.29) is 23.1 Å². The molecule has 3 aromatic rings. The summed E-state index contributed by atoms with van der Waals surface area (Å²) in [5, 5.41) is 4.63. The van der Waals surface area contributed by atoms with Gasteiger partial charge in [-0.3, -0.25) is 4.79 Å². The van der Waals surface area contributed by atoms with Crippen molar-refractivity contribution in [3.05, 3.63) is 53.7 Å². The Morgan fingerprint density at radius 1 is 1.11 bits per heavy atom. The van der Waals surface area contributed by atoms with E-state index in [9.17, 15) is 13.6 Å². The van der Waals surface area contributed by atoms with E-state index in [0.717, 1.165) is 11.3 Å². The van der Waals surface area contributed by atoms with Gasteiger partial charge in [-0.1, -0.05) is 6.07 Å². The van der Waals surface area contributed by atoms with Crippen LogP contribution < -0.4 is 10.2 Å². The van der Waals surface area contributed by atoms with E-state index in [1.54, 1.807) is 18.5 Å². The maximum absolute atomic E-state index is 13.9. The molecule has 0 saturated carbocycles. The molecule has 6 nitrogen and oxygen atoms in total. The number of halogens is 2. The van der Waals surface area contributed by atoms with Gasteiger partial charge in [0.2, 0.25) is 11.9 Å². The lowest BCUT2D eigenvalue weighted by atomic mass is 9.96. The normalized spacial score (nSPS) is 14.9. The first kappa shape index (κ1) is 18.4. The smallest absolute Gasteiger partial charge is 0.229 e. The number of carbonyl (C=O) groups excluding carboxylic acids is 1. The first-order valence-electron chi connectivity index (χ1n) is 8.84. The third-order valence-corrected chi connectivity index (χ3v) is 5.41. The van der Waals surface area contributed by atoms with Gasteiger partial charge in [0, 0.05) is 36.8 Å². The van der Waals surface area contributed by atoms with Crippen molar-refractivity contribution in [1.82, 2.24) is 15.0 Å². The standard InChI is InChI=1S/C19H17F2N5OS/c20-13-3-1-4-14(21)16(13)15-11-28-19(24-15)25-17(27)12-5-9-26(10-6-12)18-22-7-2-8-23-18/h1-4,7-8,11-12H,5-6,9-10H2,(H,24,25,27). The van der Waals surface area contributed by atoms with Gasteiger partial charge < -0.3 is 10.2 Å². The Hall–Kier alpha value is -2.94. The molecule has 0 bridgehead atoms. The fraction of sp³-hybridized carbons (Fsp3) is 0.263. The van der Waals surface area contributed by atoms with Crippen molar-refractivity contribution >= 4 is 28.3 Å². The second kappa shape index (κ2) is 7.97. The number of hydrogen-bond acceptors (Lipinski definition) is 6. The predicted octanol–water partition coefficient (Wildman–Crippen LogP) is 3.73. The van der Waals surface area contributed by atoms with Crippen LogP contribution in [-0.2, 0) is 4.79 Å². The Kier molecular flexibility index (Phi) is 5.25. The minimum Gasteiger partial charge on any atom is -0.341 e. The van der Waals surface area contributed by atoms with E-state index < -0.39 is 11.6 Å². The third kappa shape index (κ3) is 3.84. The van der Waals surface area contributed by atoms with Crippen LogP contribution in [0.3, 0.4) is 0 Å². The summed E-state index contributed by atoms with van der Waals surface area (Å²) in [4.78, 5) is 27.2. The number of carbonyl (C=O) groups is 1. The molecular formula is C19H17F2N5OS. The lowest BCUT2D eigenvalue weighted by Crippen LogP contribution is -2.38. The molecule has 0 aliphatic carbocycles. The molecule has 1 N–H and O–H groups in total. The molecule has 2 aromatic heterocycles. The Labute approximate surface area is 164 Å². The molecule has 1 fully saturated rings. The topological polar surface area (TPSA) is 71.0 Å². The molecule has 1 saturated heterocycles. The van der Waals surface area contributed by atoms with Crippen LogP contribution >= 0.6 is 11.3 Å². The first-order valence-corrected chi connectivity index (χ1v) is 9.72. The number of amides is 1. The lowest BCUT2D eigenvalue weighted by Gasteiger charge is -2.30. The molecule has 28 heavy (non-hydrogen) atoms. The molecule has 144 valence electrons. The van der Waals surface area contributed by atoms with Gasteiger partial charge in [0.15, 0.2) is 5.13 Å². The van der Waals surface area contributed by atoms with Crippen molar-refractivity contribution in [3.8, 4) is 11.3 Å². The minimum absolute atomic E-state index is 0.136. The zero-order chi connectivity index (χ0) is 19.5. The van der Waals surface area contributed by atoms with Crippen molar-refractivity contribution in [1.29, 1.82) is 0 Å². The average Bonchev–Trinajstić information content (AvgIpc) is 3.16. The molecule has 0 radical (unpaired) electrons. The van der Waals surface area contributed by atoms with Gasteiger partial charge in [-0.25, -0.2) is 23.7 Å². The van der Waals surface area contributed by atoms with Gasteiger partial charge in [0.1, 0.15) is 11.6 Å². The van der Waals surface area contributed by atoms with Gasteiger partial charge in [0.05, 0.1) is 11.3 Å². The Bertz CT molecular complexity index is 953. The summed E-state index contributed by atoms with van der Waals surface area (Å²) in [5.74, 6) is -0.990. The van der Waals surface area contributed by atoms with E-state index in [1.165, 1.54) is 23.6 Å². The second-order valence-corrected chi connectivity index (χ2v) is 7.29. The van der Waals surface area contributed by atoms with Crippen LogP contribution in [0.2, 0.25) is 0 Å². The Balaban J connectivity index is 1.38. The first-order chi connectivity index (χ1) is 13.6. The van der Waals surface area contributed by atoms with Gasteiger partial charge in [-0.2, -0.15) is 0 Å². The number of hydrogen-bond donors (Lipinski definition) is 1. The summed E-state index contributed by atoms with van der Waals surface area (Å²) in [6, 6.07) is 5.43. The number of nitrogens with one attached hydrogen (secondary N) is 1. The van der Waals surface area contributed by atoms with Gasteiger partial charge in [0.25, 0.3) is 0 Å². The monoisotopic (exact) mass is 401 g/mol. The van der Waals surface area contributed by atoms with Crippen LogP contribution in [0.15, 0.2) is 42.0 Å². The highest BCUT2D eigenvalue weighted by atomic mass is 32.1. The average molecular weight is 401 g/mol. The molecule has 1 aromatic carbocycles. The van der Waals surface area contributed by atoms with Gasteiger partial charge in [-0.05, 0) is 31.0 Å². The number of piperidine rings is 1. The molecule has 0 atom stereocenters. The maximum atomic E-state index is 13.9. The number of anilines is 2. The molecule has 4 rings (SSSR count). The molecule has 1 aliphatic rings.